The van der Waals surface area contributed by atoms with Crippen molar-refractivity contribution in [2.24, 2.45) is 4.99 Å². The van der Waals surface area contributed by atoms with E-state index in [2.05, 4.69) is 25.8 Å². The maximum absolute atomic E-state index is 11.1. The first-order chi connectivity index (χ1) is 11.5. The van der Waals surface area contributed by atoms with Gasteiger partial charge in [0.1, 0.15) is 5.76 Å². The zero-order valence-electron chi connectivity index (χ0n) is 13.6. The fourth-order valence-corrected chi connectivity index (χ4v) is 3.36. The maximum atomic E-state index is 11.1. The summed E-state index contributed by atoms with van der Waals surface area (Å²) in [6, 6.07) is 5.18. The second-order valence-electron chi connectivity index (χ2n) is 5.92. The van der Waals surface area contributed by atoms with Crippen LogP contribution in [0.3, 0.4) is 0 Å². The zero-order valence-corrected chi connectivity index (χ0v) is 15.2. The summed E-state index contributed by atoms with van der Waals surface area (Å²) in [4.78, 5) is 17.3. The van der Waals surface area contributed by atoms with Crippen LogP contribution in [0, 0.1) is 24.0 Å². The molecule has 6 nitrogen and oxygen atoms in total. The lowest BCUT2D eigenvalue weighted by Gasteiger charge is -2.13. The highest BCUT2D eigenvalue weighted by Gasteiger charge is 2.19. The van der Waals surface area contributed by atoms with Crippen LogP contribution in [0.1, 0.15) is 29.7 Å². The minimum absolute atomic E-state index is 0.0838. The highest BCUT2D eigenvalue weighted by atomic mass is 79.9. The van der Waals surface area contributed by atoms with E-state index in [9.17, 15) is 10.1 Å². The van der Waals surface area contributed by atoms with Gasteiger partial charge in [0.05, 0.1) is 21.3 Å². The number of hydrogen-bond donors (Lipinski definition) is 0. The van der Waals surface area contributed by atoms with E-state index in [4.69, 9.17) is 4.42 Å². The summed E-state index contributed by atoms with van der Waals surface area (Å²) in [5.74, 6) is 1.43. The number of aryl methyl sites for hydroxylation is 1. The predicted octanol–water partition coefficient (Wildman–Crippen LogP) is 4.92. The highest BCUT2D eigenvalue weighted by Crippen LogP contribution is 2.32. The molecule has 0 atom stereocenters. The fourth-order valence-electron chi connectivity index (χ4n) is 2.80. The number of nitro benzene ring substituents is 1. The van der Waals surface area contributed by atoms with Gasteiger partial charge in [0, 0.05) is 30.8 Å². The number of aliphatic imine (C=N–C) groups is 1. The number of anilines is 1. The van der Waals surface area contributed by atoms with Crippen molar-refractivity contribution in [3.05, 3.63) is 49.7 Å². The number of halogens is 1. The minimum atomic E-state index is -0.379. The fraction of sp³-hybridized carbons (Fsp3) is 0.353. The third-order valence-electron chi connectivity index (χ3n) is 4.24. The molecule has 0 amide bonds. The Balaban J connectivity index is 1.86. The van der Waals surface area contributed by atoms with Crippen LogP contribution in [-0.4, -0.2) is 24.2 Å². The molecule has 1 aromatic heterocycles. The molecule has 1 aliphatic heterocycles. The standard InChI is InChI=1S/C17H18BrN3O3/c1-11-7-13(8-16(12(11)2)21(22)23)19-10-14-9-15(18)17(24-14)20-5-3-4-6-20/h7-10H,3-6H2,1-2H3. The van der Waals surface area contributed by atoms with Crippen LogP contribution < -0.4 is 4.90 Å². The summed E-state index contributed by atoms with van der Waals surface area (Å²) < 4.78 is 6.75. The van der Waals surface area contributed by atoms with E-state index >= 15 is 0 Å². The van der Waals surface area contributed by atoms with Crippen molar-refractivity contribution in [1.82, 2.24) is 0 Å². The van der Waals surface area contributed by atoms with E-state index in [0.29, 0.717) is 17.0 Å². The SMILES string of the molecule is Cc1cc(N=Cc2cc(Br)c(N3CCCC3)o2)cc([N+](=O)[O-])c1C. The molecule has 1 aromatic carbocycles. The van der Waals surface area contributed by atoms with Crippen molar-refractivity contribution in [2.75, 3.05) is 18.0 Å². The Hall–Kier alpha value is -2.15. The van der Waals surface area contributed by atoms with Gasteiger partial charge in [0.25, 0.3) is 5.69 Å². The first-order valence-electron chi connectivity index (χ1n) is 7.79. The molecule has 1 fully saturated rings. The number of benzene rings is 1. The summed E-state index contributed by atoms with van der Waals surface area (Å²) >= 11 is 3.52. The Morgan fingerprint density at radius 3 is 2.67 bits per heavy atom. The molecule has 0 radical (unpaired) electrons. The van der Waals surface area contributed by atoms with Crippen molar-refractivity contribution in [3.63, 3.8) is 0 Å². The second-order valence-corrected chi connectivity index (χ2v) is 6.77. The molecule has 0 bridgehead atoms. The van der Waals surface area contributed by atoms with Crippen molar-refractivity contribution in [2.45, 2.75) is 26.7 Å². The Bertz CT molecular complexity index is 808. The zero-order chi connectivity index (χ0) is 17.3. The molecule has 0 aliphatic carbocycles. The average molecular weight is 392 g/mol. The van der Waals surface area contributed by atoms with Crippen LogP contribution in [0.2, 0.25) is 0 Å². The first kappa shape index (κ1) is 16.7. The van der Waals surface area contributed by atoms with Crippen molar-refractivity contribution in [1.29, 1.82) is 0 Å². The lowest BCUT2D eigenvalue weighted by atomic mass is 10.1. The summed E-state index contributed by atoms with van der Waals surface area (Å²) in [7, 11) is 0. The Morgan fingerprint density at radius 1 is 1.29 bits per heavy atom. The molecule has 7 heteroatoms. The Morgan fingerprint density at radius 2 is 2.00 bits per heavy atom. The van der Waals surface area contributed by atoms with Gasteiger partial charge >= 0.3 is 0 Å². The van der Waals surface area contributed by atoms with E-state index in [0.717, 1.165) is 29.0 Å². The maximum Gasteiger partial charge on any atom is 0.274 e. The molecule has 2 aromatic rings. The first-order valence-corrected chi connectivity index (χ1v) is 8.59. The van der Waals surface area contributed by atoms with E-state index in [-0.39, 0.29) is 10.6 Å². The normalized spacial score (nSPS) is 14.7. The van der Waals surface area contributed by atoms with Gasteiger partial charge in [-0.25, -0.2) is 0 Å². The van der Waals surface area contributed by atoms with Gasteiger partial charge in [0.2, 0.25) is 5.88 Å². The van der Waals surface area contributed by atoms with Crippen LogP contribution in [0.15, 0.2) is 32.1 Å². The van der Waals surface area contributed by atoms with Gasteiger partial charge in [0.15, 0.2) is 0 Å². The molecular weight excluding hydrogens is 374 g/mol. The third-order valence-corrected chi connectivity index (χ3v) is 4.81. The van der Waals surface area contributed by atoms with Crippen molar-refractivity contribution < 1.29 is 9.34 Å². The minimum Gasteiger partial charge on any atom is -0.438 e. The number of nitrogens with zero attached hydrogens (tertiary/aromatic N) is 3. The molecule has 3 rings (SSSR count). The number of nitro groups is 1. The van der Waals surface area contributed by atoms with Crippen LogP contribution in [0.4, 0.5) is 17.3 Å². The molecule has 0 N–H and O–H groups in total. The molecule has 0 unspecified atom stereocenters. The van der Waals surface area contributed by atoms with Gasteiger partial charge in [-0.1, -0.05) is 0 Å². The van der Waals surface area contributed by atoms with E-state index in [1.165, 1.54) is 18.9 Å². The van der Waals surface area contributed by atoms with Crippen LogP contribution in [0.5, 0.6) is 0 Å². The summed E-state index contributed by atoms with van der Waals surface area (Å²) in [6.45, 7) is 5.57. The largest absolute Gasteiger partial charge is 0.438 e. The molecule has 2 heterocycles. The summed E-state index contributed by atoms with van der Waals surface area (Å²) in [5, 5.41) is 11.1. The van der Waals surface area contributed by atoms with Crippen LogP contribution in [0.25, 0.3) is 0 Å². The van der Waals surface area contributed by atoms with Crippen LogP contribution >= 0.6 is 15.9 Å². The van der Waals surface area contributed by atoms with Gasteiger partial charge in [-0.3, -0.25) is 15.1 Å². The lowest BCUT2D eigenvalue weighted by molar-refractivity contribution is -0.385. The number of rotatable bonds is 4. The highest BCUT2D eigenvalue weighted by molar-refractivity contribution is 9.10. The molecule has 0 spiro atoms. The van der Waals surface area contributed by atoms with Gasteiger partial charge < -0.3 is 9.32 Å². The quantitative estimate of drug-likeness (QED) is 0.421. The number of hydrogen-bond acceptors (Lipinski definition) is 5. The summed E-state index contributed by atoms with van der Waals surface area (Å²) in [5.41, 5.74) is 2.13. The van der Waals surface area contributed by atoms with Crippen molar-refractivity contribution >= 4 is 39.4 Å². The molecule has 0 saturated carbocycles. The van der Waals surface area contributed by atoms with Crippen LogP contribution in [-0.2, 0) is 0 Å². The van der Waals surface area contributed by atoms with E-state index in [1.54, 1.807) is 13.1 Å². The Kier molecular flexibility index (Phi) is 4.71. The van der Waals surface area contributed by atoms with Gasteiger partial charge in [-0.05, 0) is 54.2 Å². The topological polar surface area (TPSA) is 71.9 Å². The molecule has 24 heavy (non-hydrogen) atoms. The van der Waals surface area contributed by atoms with Gasteiger partial charge in [-0.15, -0.1) is 0 Å². The van der Waals surface area contributed by atoms with E-state index in [1.807, 2.05) is 19.1 Å². The monoisotopic (exact) mass is 391 g/mol. The summed E-state index contributed by atoms with van der Waals surface area (Å²) in [6.07, 6.45) is 3.93. The van der Waals surface area contributed by atoms with Crippen molar-refractivity contribution in [3.8, 4) is 0 Å². The molecular formula is C17H18BrN3O3. The average Bonchev–Trinajstić information content (AvgIpc) is 3.17. The lowest BCUT2D eigenvalue weighted by Crippen LogP contribution is -2.17. The van der Waals surface area contributed by atoms with E-state index < -0.39 is 0 Å². The second kappa shape index (κ2) is 6.76. The number of furan rings is 1. The molecule has 1 aliphatic rings. The Labute approximate surface area is 148 Å². The molecule has 126 valence electrons. The van der Waals surface area contributed by atoms with Gasteiger partial charge in [-0.2, -0.15) is 0 Å². The molecule has 1 saturated heterocycles. The predicted molar refractivity (Wildman–Crippen MR) is 97.7 cm³/mol. The smallest absolute Gasteiger partial charge is 0.274 e. The third kappa shape index (κ3) is 3.36.